The molecule has 4 heteroatoms. The summed E-state index contributed by atoms with van der Waals surface area (Å²) in [5.41, 5.74) is 5.69. The summed E-state index contributed by atoms with van der Waals surface area (Å²) in [6, 6.07) is 3.13. The Morgan fingerprint density at radius 2 is 2.09 bits per heavy atom. The predicted octanol–water partition coefficient (Wildman–Crippen LogP) is -0.652. The van der Waals surface area contributed by atoms with Gasteiger partial charge < -0.3 is 10.9 Å². The standard InChI is InChI=1S/C7H8N2O2/c8-7(10)5-6-1-3-9(11)4-2-6/h1-4H,5H2,(H2,8,10). The maximum Gasteiger partial charge on any atom is 0.221 e. The Kier molecular flexibility index (Phi) is 2.06. The molecule has 4 nitrogen and oxygen atoms in total. The van der Waals surface area contributed by atoms with Gasteiger partial charge in [0, 0.05) is 12.1 Å². The van der Waals surface area contributed by atoms with E-state index in [9.17, 15) is 10.0 Å². The highest BCUT2D eigenvalue weighted by molar-refractivity contribution is 5.76. The molecule has 1 amide bonds. The van der Waals surface area contributed by atoms with E-state index in [1.54, 1.807) is 12.1 Å². The Balaban J connectivity index is 2.74. The van der Waals surface area contributed by atoms with Crippen molar-refractivity contribution in [3.05, 3.63) is 35.3 Å². The molecular formula is C7H8N2O2. The minimum atomic E-state index is -0.395. The van der Waals surface area contributed by atoms with Crippen LogP contribution in [0.25, 0.3) is 0 Å². The molecule has 0 aliphatic carbocycles. The van der Waals surface area contributed by atoms with Gasteiger partial charge in [0.1, 0.15) is 0 Å². The molecule has 0 saturated carbocycles. The highest BCUT2D eigenvalue weighted by atomic mass is 16.5. The Labute approximate surface area is 63.8 Å². The predicted molar refractivity (Wildman–Crippen MR) is 38.3 cm³/mol. The maximum atomic E-state index is 10.5. The van der Waals surface area contributed by atoms with Crippen molar-refractivity contribution >= 4 is 5.91 Å². The summed E-state index contributed by atoms with van der Waals surface area (Å²) >= 11 is 0. The molecule has 0 unspecified atom stereocenters. The number of amides is 1. The van der Waals surface area contributed by atoms with Crippen molar-refractivity contribution in [2.45, 2.75) is 6.42 Å². The molecule has 0 saturated heterocycles. The van der Waals surface area contributed by atoms with Crippen LogP contribution in [0.15, 0.2) is 24.5 Å². The Morgan fingerprint density at radius 3 is 2.55 bits per heavy atom. The van der Waals surface area contributed by atoms with Crippen LogP contribution in [0.4, 0.5) is 0 Å². The molecule has 11 heavy (non-hydrogen) atoms. The van der Waals surface area contributed by atoms with Crippen LogP contribution in [-0.4, -0.2) is 5.91 Å². The van der Waals surface area contributed by atoms with Crippen molar-refractivity contribution in [3.63, 3.8) is 0 Å². The molecule has 0 fully saturated rings. The SMILES string of the molecule is NC(=O)Cc1cc[n+]([O-])cc1. The van der Waals surface area contributed by atoms with Crippen LogP contribution < -0.4 is 10.5 Å². The molecule has 2 N–H and O–H groups in total. The number of hydrogen-bond acceptors (Lipinski definition) is 2. The third-order valence-corrected chi connectivity index (χ3v) is 1.25. The second-order valence-electron chi connectivity index (χ2n) is 2.21. The molecule has 0 aliphatic heterocycles. The summed E-state index contributed by atoms with van der Waals surface area (Å²) in [5.74, 6) is -0.395. The van der Waals surface area contributed by atoms with Crippen molar-refractivity contribution in [2.24, 2.45) is 5.73 Å². The fraction of sp³-hybridized carbons (Fsp3) is 0.143. The molecular weight excluding hydrogens is 144 g/mol. The second kappa shape index (κ2) is 3.01. The molecule has 0 aromatic carbocycles. The number of nitrogens with zero attached hydrogens (tertiary/aromatic N) is 1. The number of primary amides is 1. The summed E-state index contributed by atoms with van der Waals surface area (Å²) < 4.78 is 0.657. The van der Waals surface area contributed by atoms with Crippen molar-refractivity contribution < 1.29 is 9.52 Å². The molecule has 0 radical (unpaired) electrons. The van der Waals surface area contributed by atoms with Crippen LogP contribution in [0.3, 0.4) is 0 Å². The quantitative estimate of drug-likeness (QED) is 0.451. The molecule has 1 rings (SSSR count). The highest BCUT2D eigenvalue weighted by Crippen LogP contribution is 1.94. The lowest BCUT2D eigenvalue weighted by Crippen LogP contribution is -2.24. The lowest BCUT2D eigenvalue weighted by Gasteiger charge is -1.96. The molecule has 1 aromatic rings. The topological polar surface area (TPSA) is 70.0 Å². The zero-order valence-electron chi connectivity index (χ0n) is 5.86. The van der Waals surface area contributed by atoms with E-state index in [1.165, 1.54) is 12.4 Å². The Bertz CT molecular complexity index is 256. The third-order valence-electron chi connectivity index (χ3n) is 1.25. The third kappa shape index (κ3) is 2.25. The van der Waals surface area contributed by atoms with Gasteiger partial charge in [0.15, 0.2) is 12.4 Å². The largest absolute Gasteiger partial charge is 0.619 e. The number of hydrogen-bond donors (Lipinski definition) is 1. The first-order valence-electron chi connectivity index (χ1n) is 3.14. The van der Waals surface area contributed by atoms with Gasteiger partial charge in [0.2, 0.25) is 5.91 Å². The van der Waals surface area contributed by atoms with E-state index in [0.29, 0.717) is 4.73 Å². The van der Waals surface area contributed by atoms with Crippen molar-refractivity contribution in [2.75, 3.05) is 0 Å². The maximum absolute atomic E-state index is 10.5. The van der Waals surface area contributed by atoms with Crippen LogP contribution in [0, 0.1) is 5.21 Å². The molecule has 0 aliphatic rings. The van der Waals surface area contributed by atoms with Gasteiger partial charge in [-0.05, 0) is 5.56 Å². The van der Waals surface area contributed by atoms with Gasteiger partial charge >= 0.3 is 0 Å². The summed E-state index contributed by atoms with van der Waals surface area (Å²) in [5, 5.41) is 10.5. The van der Waals surface area contributed by atoms with E-state index in [4.69, 9.17) is 5.73 Å². The number of rotatable bonds is 2. The first-order chi connectivity index (χ1) is 5.18. The van der Waals surface area contributed by atoms with Crippen LogP contribution in [-0.2, 0) is 11.2 Å². The molecule has 0 atom stereocenters. The van der Waals surface area contributed by atoms with Gasteiger partial charge in [-0.2, -0.15) is 4.73 Å². The highest BCUT2D eigenvalue weighted by Gasteiger charge is 1.98. The fourth-order valence-corrected chi connectivity index (χ4v) is 0.763. The average molecular weight is 152 g/mol. The number of nitrogens with two attached hydrogens (primary N) is 1. The summed E-state index contributed by atoms with van der Waals surface area (Å²) in [7, 11) is 0. The summed E-state index contributed by atoms with van der Waals surface area (Å²) in [6.45, 7) is 0. The first-order valence-corrected chi connectivity index (χ1v) is 3.14. The van der Waals surface area contributed by atoms with E-state index in [-0.39, 0.29) is 6.42 Å². The van der Waals surface area contributed by atoms with Gasteiger partial charge in [0.05, 0.1) is 6.42 Å². The van der Waals surface area contributed by atoms with Gasteiger partial charge in [-0.15, -0.1) is 0 Å². The summed E-state index contributed by atoms with van der Waals surface area (Å²) in [4.78, 5) is 10.4. The second-order valence-corrected chi connectivity index (χ2v) is 2.21. The molecule has 0 bridgehead atoms. The van der Waals surface area contributed by atoms with Gasteiger partial charge in [-0.3, -0.25) is 4.79 Å². The van der Waals surface area contributed by atoms with Crippen LogP contribution in [0.5, 0.6) is 0 Å². The lowest BCUT2D eigenvalue weighted by atomic mass is 10.2. The van der Waals surface area contributed by atoms with E-state index in [2.05, 4.69) is 0 Å². The van der Waals surface area contributed by atoms with Gasteiger partial charge in [-0.1, -0.05) is 0 Å². The zero-order valence-corrected chi connectivity index (χ0v) is 5.86. The van der Waals surface area contributed by atoms with Gasteiger partial charge in [0.25, 0.3) is 0 Å². The van der Waals surface area contributed by atoms with Crippen LogP contribution in [0.2, 0.25) is 0 Å². The van der Waals surface area contributed by atoms with Gasteiger partial charge in [-0.25, -0.2) is 0 Å². The van der Waals surface area contributed by atoms with E-state index in [1.807, 2.05) is 0 Å². The summed E-state index contributed by atoms with van der Waals surface area (Å²) in [6.07, 6.45) is 2.84. The molecule has 58 valence electrons. The smallest absolute Gasteiger partial charge is 0.221 e. The number of aromatic nitrogens is 1. The molecule has 1 heterocycles. The van der Waals surface area contributed by atoms with E-state index < -0.39 is 5.91 Å². The van der Waals surface area contributed by atoms with Crippen molar-refractivity contribution in [1.82, 2.24) is 0 Å². The van der Waals surface area contributed by atoms with Crippen molar-refractivity contribution in [3.8, 4) is 0 Å². The number of carbonyl (C=O) groups is 1. The minimum Gasteiger partial charge on any atom is -0.619 e. The number of pyridine rings is 1. The van der Waals surface area contributed by atoms with Crippen LogP contribution in [0.1, 0.15) is 5.56 Å². The van der Waals surface area contributed by atoms with E-state index in [0.717, 1.165) is 5.56 Å². The number of carbonyl (C=O) groups excluding carboxylic acids is 1. The normalized spacial score (nSPS) is 9.45. The Hall–Kier alpha value is -1.58. The van der Waals surface area contributed by atoms with Crippen molar-refractivity contribution in [1.29, 1.82) is 0 Å². The molecule has 0 spiro atoms. The minimum absolute atomic E-state index is 0.181. The Morgan fingerprint density at radius 1 is 1.55 bits per heavy atom. The first kappa shape index (κ1) is 7.53. The van der Waals surface area contributed by atoms with E-state index >= 15 is 0 Å². The average Bonchev–Trinajstić information content (AvgIpc) is 1.93. The fourth-order valence-electron chi connectivity index (χ4n) is 0.763. The lowest BCUT2D eigenvalue weighted by molar-refractivity contribution is -0.605. The zero-order chi connectivity index (χ0) is 8.27. The monoisotopic (exact) mass is 152 g/mol. The van der Waals surface area contributed by atoms with Crippen LogP contribution >= 0.6 is 0 Å². The molecule has 1 aromatic heterocycles.